The number of nitrogens with zero attached hydrogens (tertiary/aromatic N) is 6. The molecule has 10 nitrogen and oxygen atoms in total. The fraction of sp³-hybridized carbons (Fsp3) is 0.389. The van der Waals surface area contributed by atoms with Gasteiger partial charge in [-0.15, -0.1) is 5.10 Å². The van der Waals surface area contributed by atoms with Crippen LogP contribution in [0.15, 0.2) is 60.8 Å². The Morgan fingerprint density at radius 3 is 2.40 bits per heavy atom. The van der Waals surface area contributed by atoms with Crippen LogP contribution >= 0.6 is 0 Å². The first-order valence-electron chi connectivity index (χ1n) is 16.3. The van der Waals surface area contributed by atoms with Gasteiger partial charge in [-0.3, -0.25) is 4.90 Å². The van der Waals surface area contributed by atoms with Crippen molar-refractivity contribution in [2.24, 2.45) is 0 Å². The Kier molecular flexibility index (Phi) is 10.3. The lowest BCUT2D eigenvalue weighted by molar-refractivity contribution is -0.136. The molecule has 0 atom stereocenters. The Balaban J connectivity index is 1.48. The molecule has 2 amide bonds. The largest absolute Gasteiger partial charge is 0.497 e. The second-order valence-electron chi connectivity index (χ2n) is 13.8. The van der Waals surface area contributed by atoms with Crippen LogP contribution in [0.25, 0.3) is 5.69 Å². The third-order valence-corrected chi connectivity index (χ3v) is 13.8. The zero-order valence-electron chi connectivity index (χ0n) is 29.4. The highest BCUT2D eigenvalue weighted by Crippen LogP contribution is 2.39. The van der Waals surface area contributed by atoms with E-state index in [-0.39, 0.29) is 28.1 Å². The number of ether oxygens (including phenoxy) is 1. The van der Waals surface area contributed by atoms with Crippen LogP contribution in [0.5, 0.6) is 5.75 Å². The van der Waals surface area contributed by atoms with Gasteiger partial charge in [0.2, 0.25) is 0 Å². The molecule has 3 heterocycles. The van der Waals surface area contributed by atoms with Crippen molar-refractivity contribution in [1.29, 1.82) is 5.26 Å². The van der Waals surface area contributed by atoms with Gasteiger partial charge in [-0.2, -0.15) is 18.4 Å². The van der Waals surface area contributed by atoms with Gasteiger partial charge in [0.1, 0.15) is 11.6 Å². The van der Waals surface area contributed by atoms with E-state index < -0.39 is 20.1 Å². The molecule has 4 aromatic rings. The minimum absolute atomic E-state index is 0.0487. The van der Waals surface area contributed by atoms with Crippen molar-refractivity contribution in [2.45, 2.75) is 65.0 Å². The van der Waals surface area contributed by atoms with E-state index in [2.05, 4.69) is 44.2 Å². The van der Waals surface area contributed by atoms with E-state index in [1.807, 2.05) is 30.3 Å². The maximum Gasteiger partial charge on any atom is 0.418 e. The predicted octanol–water partition coefficient (Wildman–Crippen LogP) is 8.22. The van der Waals surface area contributed by atoms with Crippen molar-refractivity contribution in [3.8, 4) is 17.5 Å². The predicted molar refractivity (Wildman–Crippen MR) is 189 cm³/mol. The van der Waals surface area contributed by atoms with Gasteiger partial charge in [-0.05, 0) is 67.0 Å². The Labute approximate surface area is 291 Å². The monoisotopic (exact) mass is 705 g/mol. The number of aromatic nitrogens is 3. The summed E-state index contributed by atoms with van der Waals surface area (Å²) in [6, 6.07) is 16.1. The summed E-state index contributed by atoms with van der Waals surface area (Å²) >= 11 is 0. The number of rotatable bonds is 11. The number of benzene rings is 2. The normalized spacial score (nSPS) is 13.9. The summed E-state index contributed by atoms with van der Waals surface area (Å²) in [6.45, 7) is 14.1. The smallest absolute Gasteiger partial charge is 0.418 e. The van der Waals surface area contributed by atoms with E-state index in [0.717, 1.165) is 17.4 Å². The molecule has 0 bridgehead atoms. The molecule has 5 rings (SSSR count). The molecule has 0 unspecified atom stereocenters. The number of methoxy groups -OCH3 is 1. The number of amides is 2. The van der Waals surface area contributed by atoms with Gasteiger partial charge < -0.3 is 19.4 Å². The second-order valence-corrected chi connectivity index (χ2v) is 18.6. The van der Waals surface area contributed by atoms with Crippen LogP contribution in [0.3, 0.4) is 0 Å². The summed E-state index contributed by atoms with van der Waals surface area (Å²) in [5, 5.41) is 16.9. The number of hydrogen-bond donors (Lipinski definition) is 1. The number of nitriles is 1. The van der Waals surface area contributed by atoms with Gasteiger partial charge in [0.15, 0.2) is 14.1 Å². The highest BCUT2D eigenvalue weighted by atomic mass is 28.4. The van der Waals surface area contributed by atoms with Crippen molar-refractivity contribution < 1.29 is 27.1 Å². The third-order valence-electron chi connectivity index (χ3n) is 9.28. The molecular formula is C36H42F3N7O3Si. The highest BCUT2D eigenvalue weighted by Gasteiger charge is 2.38. The van der Waals surface area contributed by atoms with E-state index in [0.29, 0.717) is 55.4 Å². The summed E-state index contributed by atoms with van der Waals surface area (Å²) in [5.74, 6) is 1.40. The average molecular weight is 706 g/mol. The lowest BCUT2D eigenvalue weighted by Crippen LogP contribution is -2.41. The topological polar surface area (TPSA) is 109 Å². The SMILES string of the molecule is COc1ccc(CN2CCN(c3ccn(-c4cc(C)nc(Nc5ccc(C#N)cc5C(F)(F)F)c4CCO[Si](C)(C)C(C)(C)C)n3)C2=O)cc1. The van der Waals surface area contributed by atoms with Crippen LogP contribution in [-0.2, 0) is 23.6 Å². The molecule has 1 saturated heterocycles. The quantitative estimate of drug-likeness (QED) is 0.157. The lowest BCUT2D eigenvalue weighted by atomic mass is 10.1. The minimum atomic E-state index is -4.71. The summed E-state index contributed by atoms with van der Waals surface area (Å²) in [7, 11) is -0.558. The van der Waals surface area contributed by atoms with Gasteiger partial charge in [-0.1, -0.05) is 32.9 Å². The number of hydrogen-bond acceptors (Lipinski definition) is 7. The van der Waals surface area contributed by atoms with Gasteiger partial charge in [0, 0.05) is 56.2 Å². The van der Waals surface area contributed by atoms with Gasteiger partial charge in [0.25, 0.3) is 0 Å². The van der Waals surface area contributed by atoms with Crippen LogP contribution in [0.4, 0.5) is 35.3 Å². The molecule has 1 aliphatic heterocycles. The number of aryl methyl sites for hydroxylation is 1. The molecule has 50 heavy (non-hydrogen) atoms. The Bertz CT molecular complexity index is 1900. The number of anilines is 3. The third kappa shape index (κ3) is 7.95. The number of pyridine rings is 1. The molecular weight excluding hydrogens is 664 g/mol. The van der Waals surface area contributed by atoms with Crippen molar-refractivity contribution >= 4 is 31.7 Å². The number of alkyl halides is 3. The minimum Gasteiger partial charge on any atom is -0.497 e. The Morgan fingerprint density at radius 2 is 1.76 bits per heavy atom. The van der Waals surface area contributed by atoms with Crippen molar-refractivity contribution in [3.63, 3.8) is 0 Å². The summed E-state index contributed by atoms with van der Waals surface area (Å²) in [5.41, 5.74) is 1.39. The number of carbonyl (C=O) groups is 1. The first kappa shape index (κ1) is 36.4. The van der Waals surface area contributed by atoms with Crippen LogP contribution in [0.2, 0.25) is 18.1 Å². The van der Waals surface area contributed by atoms with Crippen LogP contribution in [-0.4, -0.2) is 60.8 Å². The summed E-state index contributed by atoms with van der Waals surface area (Å²) in [4.78, 5) is 21.5. The standard InChI is InChI=1S/C36H42F3N7O3Si/c1-24-20-31(46-16-14-32(43-46)45-18-17-44(34(45)47)23-25-8-11-27(48-5)12-9-25)28(15-19-49-50(6,7)35(2,3)4)33(41-24)42-30-13-10-26(22-40)21-29(30)36(37,38)39/h8-14,16,20-21H,15,17-19,23H2,1-7H3,(H,41,42). The fourth-order valence-electron chi connectivity index (χ4n) is 5.43. The molecule has 1 fully saturated rings. The number of nitrogens with one attached hydrogen (secondary N) is 1. The van der Waals surface area contributed by atoms with Crippen molar-refractivity contribution in [2.75, 3.05) is 37.0 Å². The molecule has 2 aromatic heterocycles. The van der Waals surface area contributed by atoms with Gasteiger partial charge in [-0.25, -0.2) is 14.5 Å². The molecule has 2 aromatic carbocycles. The second kappa shape index (κ2) is 14.2. The van der Waals surface area contributed by atoms with Gasteiger partial charge in [0.05, 0.1) is 35.7 Å². The number of halogens is 3. The molecule has 1 aliphatic rings. The van der Waals surface area contributed by atoms with Crippen molar-refractivity contribution in [1.82, 2.24) is 19.7 Å². The molecule has 0 radical (unpaired) electrons. The van der Waals surface area contributed by atoms with E-state index >= 15 is 0 Å². The fourth-order valence-corrected chi connectivity index (χ4v) is 6.48. The Morgan fingerprint density at radius 1 is 1.04 bits per heavy atom. The van der Waals surface area contributed by atoms with Crippen molar-refractivity contribution in [3.05, 3.63) is 88.7 Å². The van der Waals surface area contributed by atoms with Crippen LogP contribution in [0.1, 0.15) is 48.7 Å². The average Bonchev–Trinajstić information content (AvgIpc) is 3.68. The van der Waals surface area contributed by atoms with E-state index in [4.69, 9.17) is 14.3 Å². The molecule has 264 valence electrons. The number of carbonyl (C=O) groups excluding carboxylic acids is 1. The number of urea groups is 1. The van der Waals surface area contributed by atoms with Crippen LogP contribution in [0, 0.1) is 18.3 Å². The molecule has 0 saturated carbocycles. The zero-order valence-corrected chi connectivity index (χ0v) is 30.4. The zero-order chi connectivity index (χ0) is 36.4. The molecule has 1 N–H and O–H groups in total. The maximum atomic E-state index is 14.2. The summed E-state index contributed by atoms with van der Waals surface area (Å²) in [6.07, 6.45) is -2.66. The van der Waals surface area contributed by atoms with E-state index in [1.54, 1.807) is 46.8 Å². The van der Waals surface area contributed by atoms with E-state index in [9.17, 15) is 23.2 Å². The first-order valence-corrected chi connectivity index (χ1v) is 19.2. The molecule has 0 spiro atoms. The molecule has 0 aliphatic carbocycles. The van der Waals surface area contributed by atoms with E-state index in [1.165, 1.54) is 12.1 Å². The Hall–Kier alpha value is -4.87. The lowest BCUT2D eigenvalue weighted by Gasteiger charge is -2.36. The molecule has 14 heteroatoms. The summed E-state index contributed by atoms with van der Waals surface area (Å²) < 4.78 is 55.8. The highest BCUT2D eigenvalue weighted by molar-refractivity contribution is 6.74. The first-order chi connectivity index (χ1) is 23.5. The maximum absolute atomic E-state index is 14.2. The van der Waals surface area contributed by atoms with Gasteiger partial charge >= 0.3 is 12.2 Å². The van der Waals surface area contributed by atoms with Crippen LogP contribution < -0.4 is 15.0 Å².